The molecule has 0 spiro atoms. The van der Waals surface area contributed by atoms with Crippen molar-refractivity contribution < 1.29 is 19.2 Å². The topological polar surface area (TPSA) is 108 Å². The van der Waals surface area contributed by atoms with Gasteiger partial charge in [0.1, 0.15) is 0 Å². The summed E-state index contributed by atoms with van der Waals surface area (Å²) < 4.78 is 0. The molecule has 1 aliphatic rings. The SMILES string of the molecule is Cc1ccc(N2C(=O)NC(=O)[C@@H](/C=N\NC(=O)c3ccccc3)C2=O)cc1. The standard InChI is InChI=1S/C19H16N4O4/c1-12-7-9-14(10-8-12)23-18(26)15(17(25)21-19(23)27)11-20-22-16(24)13-5-3-2-4-6-13/h2-11,15H,1H3,(H,22,24)(H,21,25,27)/b20-11-/t15-/m1/s1. The van der Waals surface area contributed by atoms with Gasteiger partial charge < -0.3 is 0 Å². The predicted molar refractivity (Wildman–Crippen MR) is 98.1 cm³/mol. The average molecular weight is 364 g/mol. The summed E-state index contributed by atoms with van der Waals surface area (Å²) in [5, 5.41) is 5.81. The fourth-order valence-electron chi connectivity index (χ4n) is 2.48. The molecule has 27 heavy (non-hydrogen) atoms. The number of imide groups is 2. The number of hydrogen-bond acceptors (Lipinski definition) is 5. The van der Waals surface area contributed by atoms with Crippen LogP contribution in [0, 0.1) is 12.8 Å². The molecule has 0 bridgehead atoms. The van der Waals surface area contributed by atoms with Crippen molar-refractivity contribution in [3.8, 4) is 0 Å². The van der Waals surface area contributed by atoms with Gasteiger partial charge >= 0.3 is 6.03 Å². The van der Waals surface area contributed by atoms with Crippen LogP contribution in [-0.4, -0.2) is 30.0 Å². The second kappa shape index (κ2) is 7.61. The Hall–Kier alpha value is -3.81. The fraction of sp³-hybridized carbons (Fsp3) is 0.105. The van der Waals surface area contributed by atoms with Crippen LogP contribution in [0.25, 0.3) is 0 Å². The Balaban J connectivity index is 1.75. The van der Waals surface area contributed by atoms with Gasteiger partial charge in [-0.3, -0.25) is 19.7 Å². The molecular weight excluding hydrogens is 348 g/mol. The van der Waals surface area contributed by atoms with Gasteiger partial charge in [0.2, 0.25) is 5.91 Å². The Morgan fingerprint density at radius 3 is 2.41 bits per heavy atom. The van der Waals surface area contributed by atoms with Crippen LogP contribution in [0.3, 0.4) is 0 Å². The second-order valence-electron chi connectivity index (χ2n) is 5.87. The van der Waals surface area contributed by atoms with E-state index in [9.17, 15) is 19.2 Å². The number of carbonyl (C=O) groups excluding carboxylic acids is 4. The molecule has 1 aliphatic heterocycles. The first kappa shape index (κ1) is 18.0. The van der Waals surface area contributed by atoms with Crippen LogP contribution in [-0.2, 0) is 9.59 Å². The molecule has 0 aromatic heterocycles. The van der Waals surface area contributed by atoms with Crippen molar-refractivity contribution in [2.75, 3.05) is 4.90 Å². The maximum Gasteiger partial charge on any atom is 0.335 e. The summed E-state index contributed by atoms with van der Waals surface area (Å²) in [6, 6.07) is 14.2. The third-order valence-corrected chi connectivity index (χ3v) is 3.92. The second-order valence-corrected chi connectivity index (χ2v) is 5.87. The van der Waals surface area contributed by atoms with E-state index in [0.717, 1.165) is 16.7 Å². The van der Waals surface area contributed by atoms with E-state index in [1.54, 1.807) is 54.6 Å². The molecule has 5 amide bonds. The number of urea groups is 1. The first-order valence-corrected chi connectivity index (χ1v) is 8.11. The number of anilines is 1. The van der Waals surface area contributed by atoms with Crippen LogP contribution in [0.4, 0.5) is 10.5 Å². The van der Waals surface area contributed by atoms with Gasteiger partial charge in [-0.05, 0) is 31.2 Å². The Bertz CT molecular complexity index is 922. The quantitative estimate of drug-likeness (QED) is 0.488. The highest BCUT2D eigenvalue weighted by atomic mass is 16.2. The van der Waals surface area contributed by atoms with Gasteiger partial charge in [0.15, 0.2) is 5.92 Å². The number of hydrazone groups is 1. The third-order valence-electron chi connectivity index (χ3n) is 3.92. The number of nitrogens with zero attached hydrogens (tertiary/aromatic N) is 2. The molecule has 8 heteroatoms. The lowest BCUT2D eigenvalue weighted by atomic mass is 10.1. The van der Waals surface area contributed by atoms with Crippen molar-refractivity contribution in [2.45, 2.75) is 6.92 Å². The molecule has 1 saturated heterocycles. The Kier molecular flexibility index (Phi) is 5.07. The largest absolute Gasteiger partial charge is 0.335 e. The van der Waals surface area contributed by atoms with Crippen molar-refractivity contribution in [3.63, 3.8) is 0 Å². The highest BCUT2D eigenvalue weighted by molar-refractivity contribution is 6.32. The lowest BCUT2D eigenvalue weighted by molar-refractivity contribution is -0.131. The van der Waals surface area contributed by atoms with Crippen LogP contribution in [0.15, 0.2) is 59.7 Å². The molecule has 136 valence electrons. The summed E-state index contributed by atoms with van der Waals surface area (Å²) in [6.45, 7) is 1.87. The van der Waals surface area contributed by atoms with E-state index in [4.69, 9.17) is 0 Å². The lowest BCUT2D eigenvalue weighted by Gasteiger charge is -2.28. The number of rotatable bonds is 4. The van der Waals surface area contributed by atoms with E-state index in [0.29, 0.717) is 11.3 Å². The summed E-state index contributed by atoms with van der Waals surface area (Å²) in [5.74, 6) is -3.36. The predicted octanol–water partition coefficient (Wildman–Crippen LogP) is 1.61. The lowest BCUT2D eigenvalue weighted by Crippen LogP contribution is -2.58. The molecule has 1 atom stereocenters. The van der Waals surface area contributed by atoms with Crippen LogP contribution in [0.1, 0.15) is 15.9 Å². The zero-order valence-corrected chi connectivity index (χ0v) is 14.4. The first-order valence-electron chi connectivity index (χ1n) is 8.11. The summed E-state index contributed by atoms with van der Waals surface area (Å²) in [4.78, 5) is 49.5. The van der Waals surface area contributed by atoms with Gasteiger partial charge in [-0.1, -0.05) is 35.9 Å². The van der Waals surface area contributed by atoms with Gasteiger partial charge in [0.05, 0.1) is 5.69 Å². The number of hydrogen-bond donors (Lipinski definition) is 2. The van der Waals surface area contributed by atoms with Gasteiger partial charge in [0, 0.05) is 11.8 Å². The molecule has 3 rings (SSSR count). The normalized spacial score (nSPS) is 17.1. The van der Waals surface area contributed by atoms with E-state index < -0.39 is 29.7 Å². The zero-order valence-electron chi connectivity index (χ0n) is 14.4. The van der Waals surface area contributed by atoms with Crippen molar-refractivity contribution >= 4 is 35.7 Å². The van der Waals surface area contributed by atoms with Gasteiger partial charge in [0.25, 0.3) is 11.8 Å². The van der Waals surface area contributed by atoms with Crippen LogP contribution >= 0.6 is 0 Å². The Labute approximate surface area is 154 Å². The summed E-state index contributed by atoms with van der Waals surface area (Å²) >= 11 is 0. The molecule has 8 nitrogen and oxygen atoms in total. The number of carbonyl (C=O) groups is 4. The molecule has 0 unspecified atom stereocenters. The van der Waals surface area contributed by atoms with Crippen molar-refractivity contribution in [3.05, 3.63) is 65.7 Å². The van der Waals surface area contributed by atoms with E-state index >= 15 is 0 Å². The van der Waals surface area contributed by atoms with Crippen LogP contribution in [0.5, 0.6) is 0 Å². The van der Waals surface area contributed by atoms with E-state index in [1.807, 2.05) is 6.92 Å². The first-order chi connectivity index (χ1) is 13.0. The number of aryl methyl sites for hydroxylation is 1. The Morgan fingerprint density at radius 2 is 1.74 bits per heavy atom. The van der Waals surface area contributed by atoms with E-state index in [2.05, 4.69) is 15.8 Å². The van der Waals surface area contributed by atoms with Crippen molar-refractivity contribution in [2.24, 2.45) is 11.0 Å². The highest BCUT2D eigenvalue weighted by Gasteiger charge is 2.40. The van der Waals surface area contributed by atoms with Crippen LogP contribution in [0.2, 0.25) is 0 Å². The minimum Gasteiger partial charge on any atom is -0.276 e. The number of nitrogens with one attached hydrogen (secondary N) is 2. The Morgan fingerprint density at radius 1 is 1.07 bits per heavy atom. The monoisotopic (exact) mass is 364 g/mol. The van der Waals surface area contributed by atoms with Gasteiger partial charge in [-0.15, -0.1) is 0 Å². The average Bonchev–Trinajstić information content (AvgIpc) is 2.66. The maximum atomic E-state index is 12.6. The third kappa shape index (κ3) is 3.90. The molecule has 2 aromatic rings. The minimum atomic E-state index is -1.33. The number of benzene rings is 2. The smallest absolute Gasteiger partial charge is 0.276 e. The molecule has 2 aromatic carbocycles. The fourth-order valence-corrected chi connectivity index (χ4v) is 2.48. The van der Waals surface area contributed by atoms with Gasteiger partial charge in [-0.2, -0.15) is 5.10 Å². The number of amides is 5. The highest BCUT2D eigenvalue weighted by Crippen LogP contribution is 2.20. The zero-order chi connectivity index (χ0) is 19.4. The summed E-state index contributed by atoms with van der Waals surface area (Å²) in [7, 11) is 0. The molecule has 0 saturated carbocycles. The molecule has 2 N–H and O–H groups in total. The molecule has 0 aliphatic carbocycles. The van der Waals surface area contributed by atoms with E-state index in [1.165, 1.54) is 0 Å². The molecule has 0 radical (unpaired) electrons. The summed E-state index contributed by atoms with van der Waals surface area (Å²) in [5.41, 5.74) is 3.93. The van der Waals surface area contributed by atoms with Crippen LogP contribution < -0.4 is 15.6 Å². The molecule has 1 fully saturated rings. The van der Waals surface area contributed by atoms with Gasteiger partial charge in [-0.25, -0.2) is 15.1 Å². The number of barbiturate groups is 1. The van der Waals surface area contributed by atoms with E-state index in [-0.39, 0.29) is 0 Å². The minimum absolute atomic E-state index is 0.335. The molecular formula is C19H16N4O4. The molecule has 1 heterocycles. The summed E-state index contributed by atoms with van der Waals surface area (Å²) in [6.07, 6.45) is 1.01. The van der Waals surface area contributed by atoms with Crippen molar-refractivity contribution in [1.82, 2.24) is 10.7 Å². The maximum absolute atomic E-state index is 12.6. The van der Waals surface area contributed by atoms with Crippen molar-refractivity contribution in [1.29, 1.82) is 0 Å².